The third kappa shape index (κ3) is 3.72. The number of aryl methyl sites for hydroxylation is 2. The highest BCUT2D eigenvalue weighted by molar-refractivity contribution is 6.30. The highest BCUT2D eigenvalue weighted by Crippen LogP contribution is 2.13. The van der Waals surface area contributed by atoms with Crippen molar-refractivity contribution in [2.24, 2.45) is 7.05 Å². The van der Waals surface area contributed by atoms with Crippen molar-refractivity contribution in [2.75, 3.05) is 17.2 Å². The van der Waals surface area contributed by atoms with Crippen molar-refractivity contribution in [2.45, 2.75) is 6.92 Å². The van der Waals surface area contributed by atoms with Crippen LogP contribution in [-0.4, -0.2) is 22.2 Å². The van der Waals surface area contributed by atoms with Gasteiger partial charge in [-0.3, -0.25) is 9.48 Å². The molecule has 0 atom stereocenters. The number of aromatic nitrogens is 2. The minimum Gasteiger partial charge on any atom is -0.376 e. The molecule has 0 bridgehead atoms. The molecule has 2 aromatic rings. The van der Waals surface area contributed by atoms with Crippen LogP contribution in [0, 0.1) is 6.92 Å². The number of benzene rings is 1. The van der Waals surface area contributed by atoms with Gasteiger partial charge in [0.1, 0.15) is 5.82 Å². The van der Waals surface area contributed by atoms with Gasteiger partial charge in [-0.15, -0.1) is 0 Å². The zero-order valence-corrected chi connectivity index (χ0v) is 11.5. The molecule has 0 fully saturated rings. The molecule has 0 spiro atoms. The van der Waals surface area contributed by atoms with Crippen molar-refractivity contribution in [3.63, 3.8) is 0 Å². The summed E-state index contributed by atoms with van der Waals surface area (Å²) in [6.45, 7) is 2.06. The molecule has 0 saturated carbocycles. The normalized spacial score (nSPS) is 10.3. The van der Waals surface area contributed by atoms with Crippen LogP contribution in [0.15, 0.2) is 30.3 Å². The zero-order chi connectivity index (χ0) is 13.8. The van der Waals surface area contributed by atoms with E-state index < -0.39 is 0 Å². The van der Waals surface area contributed by atoms with Gasteiger partial charge in [0.2, 0.25) is 5.91 Å². The smallest absolute Gasteiger partial charge is 0.244 e. The Balaban J connectivity index is 1.88. The Morgan fingerprint density at radius 2 is 2.05 bits per heavy atom. The van der Waals surface area contributed by atoms with Crippen LogP contribution in [-0.2, 0) is 11.8 Å². The molecule has 1 aromatic carbocycles. The third-order valence-electron chi connectivity index (χ3n) is 2.57. The van der Waals surface area contributed by atoms with Gasteiger partial charge in [-0.25, -0.2) is 0 Å². The summed E-state index contributed by atoms with van der Waals surface area (Å²) < 4.78 is 1.63. The van der Waals surface area contributed by atoms with Crippen molar-refractivity contribution in [3.8, 4) is 0 Å². The van der Waals surface area contributed by atoms with Gasteiger partial charge in [0, 0.05) is 23.8 Å². The Morgan fingerprint density at radius 3 is 2.63 bits per heavy atom. The first-order valence-electron chi connectivity index (χ1n) is 5.84. The average Bonchev–Trinajstić information content (AvgIpc) is 2.67. The second kappa shape index (κ2) is 5.75. The molecule has 0 unspecified atom stereocenters. The van der Waals surface area contributed by atoms with Crippen LogP contribution in [0.5, 0.6) is 0 Å². The largest absolute Gasteiger partial charge is 0.376 e. The van der Waals surface area contributed by atoms with Crippen LogP contribution in [0.2, 0.25) is 5.02 Å². The summed E-state index contributed by atoms with van der Waals surface area (Å²) in [5.41, 5.74) is 1.71. The van der Waals surface area contributed by atoms with Gasteiger partial charge >= 0.3 is 0 Å². The van der Waals surface area contributed by atoms with Crippen molar-refractivity contribution in [3.05, 3.63) is 41.0 Å². The lowest BCUT2D eigenvalue weighted by molar-refractivity contribution is -0.114. The summed E-state index contributed by atoms with van der Waals surface area (Å²) in [5, 5.41) is 10.6. The number of nitrogens with zero attached hydrogens (tertiary/aromatic N) is 2. The van der Waals surface area contributed by atoms with Crippen LogP contribution in [0.3, 0.4) is 0 Å². The van der Waals surface area contributed by atoms with E-state index in [1.807, 2.05) is 25.1 Å². The second-order valence-corrected chi connectivity index (χ2v) is 4.64. The van der Waals surface area contributed by atoms with E-state index in [0.29, 0.717) is 10.8 Å². The molecule has 0 radical (unpaired) electrons. The number of nitrogens with one attached hydrogen (secondary N) is 2. The summed E-state index contributed by atoms with van der Waals surface area (Å²) in [7, 11) is 1.79. The maximum Gasteiger partial charge on any atom is 0.244 e. The number of anilines is 2. The third-order valence-corrected chi connectivity index (χ3v) is 2.82. The van der Waals surface area contributed by atoms with Crippen molar-refractivity contribution in [1.29, 1.82) is 0 Å². The molecule has 100 valence electrons. The predicted octanol–water partition coefficient (Wildman–Crippen LogP) is 2.43. The molecule has 5 nitrogen and oxygen atoms in total. The Hall–Kier alpha value is -2.01. The van der Waals surface area contributed by atoms with Crippen LogP contribution in [0.1, 0.15) is 5.69 Å². The fourth-order valence-corrected chi connectivity index (χ4v) is 1.79. The molecule has 2 N–H and O–H groups in total. The summed E-state index contributed by atoms with van der Waals surface area (Å²) in [4.78, 5) is 11.8. The fraction of sp³-hybridized carbons (Fsp3) is 0.231. The number of halogens is 1. The standard InChI is InChI=1S/C13H15ClN4O/c1-9-7-12(18(2)17-9)16-13(19)8-15-11-5-3-10(14)4-6-11/h3-7,15H,8H2,1-2H3,(H,16,19). The molecular formula is C13H15ClN4O. The van der Waals surface area contributed by atoms with Gasteiger partial charge in [-0.05, 0) is 31.2 Å². The summed E-state index contributed by atoms with van der Waals surface area (Å²) in [6, 6.07) is 9.01. The molecule has 2 rings (SSSR count). The van der Waals surface area contributed by atoms with E-state index in [1.54, 1.807) is 23.9 Å². The van der Waals surface area contributed by atoms with Crippen molar-refractivity contribution in [1.82, 2.24) is 9.78 Å². The van der Waals surface area contributed by atoms with E-state index in [-0.39, 0.29) is 12.5 Å². The first kappa shape index (κ1) is 13.4. The maximum atomic E-state index is 11.8. The van der Waals surface area contributed by atoms with E-state index in [9.17, 15) is 4.79 Å². The lowest BCUT2D eigenvalue weighted by atomic mass is 10.3. The molecule has 1 amide bonds. The Bertz CT molecular complexity index is 577. The topological polar surface area (TPSA) is 59.0 Å². The van der Waals surface area contributed by atoms with Gasteiger partial charge in [0.15, 0.2) is 0 Å². The summed E-state index contributed by atoms with van der Waals surface area (Å²) in [6.07, 6.45) is 0. The zero-order valence-electron chi connectivity index (χ0n) is 10.8. The highest BCUT2D eigenvalue weighted by atomic mass is 35.5. The van der Waals surface area contributed by atoms with E-state index in [4.69, 9.17) is 11.6 Å². The van der Waals surface area contributed by atoms with Crippen LogP contribution in [0.25, 0.3) is 0 Å². The highest BCUT2D eigenvalue weighted by Gasteiger charge is 2.06. The molecule has 0 saturated heterocycles. The average molecular weight is 279 g/mol. The van der Waals surface area contributed by atoms with E-state index in [1.165, 1.54) is 0 Å². The minimum atomic E-state index is -0.127. The summed E-state index contributed by atoms with van der Waals surface area (Å²) in [5.74, 6) is 0.554. The Kier molecular flexibility index (Phi) is 4.06. The van der Waals surface area contributed by atoms with Crippen molar-refractivity contribution >= 4 is 29.0 Å². The molecular weight excluding hydrogens is 264 g/mol. The SMILES string of the molecule is Cc1cc(NC(=O)CNc2ccc(Cl)cc2)n(C)n1. The van der Waals surface area contributed by atoms with Gasteiger partial charge in [0.25, 0.3) is 0 Å². The van der Waals surface area contributed by atoms with E-state index >= 15 is 0 Å². The van der Waals surface area contributed by atoms with Gasteiger partial charge in [-0.1, -0.05) is 11.6 Å². The number of carbonyl (C=O) groups excluding carboxylic acids is 1. The molecule has 0 aliphatic carbocycles. The van der Waals surface area contributed by atoms with Crippen LogP contribution >= 0.6 is 11.6 Å². The number of hydrogen-bond donors (Lipinski definition) is 2. The maximum absolute atomic E-state index is 11.8. The van der Waals surface area contributed by atoms with E-state index in [0.717, 1.165) is 11.4 Å². The first-order chi connectivity index (χ1) is 9.04. The molecule has 1 aromatic heterocycles. The second-order valence-electron chi connectivity index (χ2n) is 4.20. The Morgan fingerprint density at radius 1 is 1.37 bits per heavy atom. The fourth-order valence-electron chi connectivity index (χ4n) is 1.66. The number of hydrogen-bond acceptors (Lipinski definition) is 3. The number of carbonyl (C=O) groups is 1. The summed E-state index contributed by atoms with van der Waals surface area (Å²) >= 11 is 5.78. The van der Waals surface area contributed by atoms with Gasteiger partial charge in [-0.2, -0.15) is 5.10 Å². The lowest BCUT2D eigenvalue weighted by Crippen LogP contribution is -2.22. The number of amides is 1. The lowest BCUT2D eigenvalue weighted by Gasteiger charge is -2.07. The van der Waals surface area contributed by atoms with Crippen LogP contribution in [0.4, 0.5) is 11.5 Å². The van der Waals surface area contributed by atoms with E-state index in [2.05, 4.69) is 15.7 Å². The monoisotopic (exact) mass is 278 g/mol. The minimum absolute atomic E-state index is 0.127. The van der Waals surface area contributed by atoms with Crippen molar-refractivity contribution < 1.29 is 4.79 Å². The molecule has 6 heteroatoms. The molecule has 0 aliphatic heterocycles. The van der Waals surface area contributed by atoms with Gasteiger partial charge in [0.05, 0.1) is 12.2 Å². The predicted molar refractivity (Wildman–Crippen MR) is 76.5 cm³/mol. The first-order valence-corrected chi connectivity index (χ1v) is 6.22. The quantitative estimate of drug-likeness (QED) is 0.903. The molecule has 19 heavy (non-hydrogen) atoms. The number of rotatable bonds is 4. The Labute approximate surface area is 116 Å². The van der Waals surface area contributed by atoms with Gasteiger partial charge < -0.3 is 10.6 Å². The molecule has 1 heterocycles. The molecule has 0 aliphatic rings. The van der Waals surface area contributed by atoms with Crippen LogP contribution < -0.4 is 10.6 Å².